The van der Waals surface area contributed by atoms with Crippen molar-refractivity contribution in [2.75, 3.05) is 13.7 Å². The second-order valence-corrected chi connectivity index (χ2v) is 12.0. The molecule has 1 aromatic rings. The zero-order valence-electron chi connectivity index (χ0n) is 12.2. The van der Waals surface area contributed by atoms with Crippen molar-refractivity contribution < 1.29 is 19.1 Å². The van der Waals surface area contributed by atoms with Crippen LogP contribution >= 0.6 is 11.3 Å². The summed E-state index contributed by atoms with van der Waals surface area (Å²) in [7, 11) is 0.110. The number of ether oxygens (including phenoxy) is 2. The summed E-state index contributed by atoms with van der Waals surface area (Å²) in [6.07, 6.45) is -0.460. The Morgan fingerprint density at radius 1 is 1.40 bits per heavy atom. The summed E-state index contributed by atoms with van der Waals surface area (Å²) in [5, 5.41) is 4.83. The van der Waals surface area contributed by atoms with Gasteiger partial charge >= 0.3 is 12.1 Å². The summed E-state index contributed by atoms with van der Waals surface area (Å²) in [6.45, 7) is 7.34. The summed E-state index contributed by atoms with van der Waals surface area (Å²) in [4.78, 5) is 26.7. The fourth-order valence-electron chi connectivity index (χ4n) is 1.24. The number of esters is 1. The van der Waals surface area contributed by atoms with Crippen LogP contribution in [0, 0.1) is 0 Å². The van der Waals surface area contributed by atoms with Gasteiger partial charge in [0, 0.05) is 13.5 Å². The van der Waals surface area contributed by atoms with Gasteiger partial charge in [-0.3, -0.25) is 0 Å². The molecule has 6 nitrogen and oxygen atoms in total. The predicted molar refractivity (Wildman–Crippen MR) is 79.8 cm³/mol. The minimum atomic E-state index is -1.19. The standard InChI is InChI=1S/C12H20N2O4SSi/c1-17-11(15)9-8-19-10(14-9)7-13-12(16)18-5-6-20(2,3)4/h8H,5-7H2,1-4H3,(H,13,16). The van der Waals surface area contributed by atoms with Gasteiger partial charge in [0.25, 0.3) is 0 Å². The first-order chi connectivity index (χ1) is 9.31. The minimum absolute atomic E-state index is 0.243. The van der Waals surface area contributed by atoms with Gasteiger partial charge in [-0.1, -0.05) is 19.6 Å². The number of methoxy groups -OCH3 is 1. The molecule has 0 aromatic carbocycles. The maximum Gasteiger partial charge on any atom is 0.407 e. The van der Waals surface area contributed by atoms with E-state index < -0.39 is 20.1 Å². The highest BCUT2D eigenvalue weighted by molar-refractivity contribution is 7.09. The van der Waals surface area contributed by atoms with Crippen LogP contribution in [-0.4, -0.2) is 38.8 Å². The van der Waals surface area contributed by atoms with Gasteiger partial charge < -0.3 is 14.8 Å². The molecular formula is C12H20N2O4SSi. The van der Waals surface area contributed by atoms with Crippen LogP contribution in [0.2, 0.25) is 25.7 Å². The molecule has 1 N–H and O–H groups in total. The van der Waals surface area contributed by atoms with Gasteiger partial charge in [-0.2, -0.15) is 0 Å². The lowest BCUT2D eigenvalue weighted by Gasteiger charge is -2.15. The molecule has 0 bridgehead atoms. The van der Waals surface area contributed by atoms with Crippen molar-refractivity contribution in [2.24, 2.45) is 0 Å². The van der Waals surface area contributed by atoms with Crippen molar-refractivity contribution in [2.45, 2.75) is 32.2 Å². The third-order valence-electron chi connectivity index (χ3n) is 2.42. The Morgan fingerprint density at radius 3 is 2.70 bits per heavy atom. The maximum atomic E-state index is 11.5. The molecule has 0 atom stereocenters. The second-order valence-electron chi connectivity index (χ2n) is 5.42. The Labute approximate surface area is 123 Å². The third-order valence-corrected chi connectivity index (χ3v) is 4.97. The average molecular weight is 316 g/mol. The molecule has 0 aliphatic carbocycles. The van der Waals surface area contributed by atoms with Crippen LogP contribution in [0.4, 0.5) is 4.79 Å². The summed E-state index contributed by atoms with van der Waals surface area (Å²) < 4.78 is 9.64. The van der Waals surface area contributed by atoms with Crippen molar-refractivity contribution in [1.29, 1.82) is 0 Å². The van der Waals surface area contributed by atoms with Gasteiger partial charge in [-0.15, -0.1) is 11.3 Å². The number of hydrogen-bond donors (Lipinski definition) is 1. The molecule has 0 radical (unpaired) electrons. The van der Waals surface area contributed by atoms with Gasteiger partial charge in [-0.05, 0) is 6.04 Å². The van der Waals surface area contributed by atoms with E-state index in [0.29, 0.717) is 11.6 Å². The van der Waals surface area contributed by atoms with E-state index in [1.165, 1.54) is 18.4 Å². The maximum absolute atomic E-state index is 11.5. The number of thiazole rings is 1. The third kappa shape index (κ3) is 6.16. The Morgan fingerprint density at radius 2 is 2.10 bits per heavy atom. The molecule has 112 valence electrons. The number of rotatable bonds is 6. The molecule has 1 heterocycles. The molecule has 0 aliphatic heterocycles. The molecule has 0 saturated heterocycles. The van der Waals surface area contributed by atoms with Crippen molar-refractivity contribution in [3.63, 3.8) is 0 Å². The van der Waals surface area contributed by atoms with E-state index in [9.17, 15) is 9.59 Å². The largest absolute Gasteiger partial charge is 0.464 e. The van der Waals surface area contributed by atoms with Crippen molar-refractivity contribution >= 4 is 31.5 Å². The van der Waals surface area contributed by atoms with E-state index in [4.69, 9.17) is 4.74 Å². The Bertz CT molecular complexity index is 470. The van der Waals surface area contributed by atoms with Crippen LogP contribution in [0.25, 0.3) is 0 Å². The lowest BCUT2D eigenvalue weighted by molar-refractivity contribution is 0.0594. The van der Waals surface area contributed by atoms with Gasteiger partial charge in [0.05, 0.1) is 20.3 Å². The van der Waals surface area contributed by atoms with Crippen molar-refractivity contribution in [1.82, 2.24) is 10.3 Å². The minimum Gasteiger partial charge on any atom is -0.464 e. The van der Waals surface area contributed by atoms with Crippen molar-refractivity contribution in [3.05, 3.63) is 16.1 Å². The fraction of sp³-hybridized carbons (Fsp3) is 0.583. The first-order valence-corrected chi connectivity index (χ1v) is 10.8. The second kappa shape index (κ2) is 7.39. The molecule has 1 amide bonds. The molecule has 20 heavy (non-hydrogen) atoms. The first-order valence-electron chi connectivity index (χ1n) is 6.25. The first kappa shape index (κ1) is 16.6. The summed E-state index contributed by atoms with van der Waals surface area (Å²) in [5.41, 5.74) is 0.251. The SMILES string of the molecule is COC(=O)c1csc(CNC(=O)OCC[Si](C)(C)C)n1. The normalized spacial score (nSPS) is 11.0. The number of amides is 1. The fourth-order valence-corrected chi connectivity index (χ4v) is 2.66. The quantitative estimate of drug-likeness (QED) is 0.644. The van der Waals surface area contributed by atoms with Gasteiger partial charge in [0.1, 0.15) is 5.01 Å². The lowest BCUT2D eigenvalue weighted by Crippen LogP contribution is -2.27. The van der Waals surface area contributed by atoms with Crippen molar-refractivity contribution in [3.8, 4) is 0 Å². The van der Waals surface area contributed by atoms with Crippen LogP contribution < -0.4 is 5.32 Å². The molecule has 0 fully saturated rings. The highest BCUT2D eigenvalue weighted by atomic mass is 32.1. The molecule has 0 spiro atoms. The Kier molecular flexibility index (Phi) is 6.15. The van der Waals surface area contributed by atoms with E-state index in [0.717, 1.165) is 6.04 Å². The van der Waals surface area contributed by atoms with Gasteiger partial charge in [0.15, 0.2) is 5.69 Å². The number of alkyl carbamates (subject to hydrolysis) is 1. The molecule has 1 aromatic heterocycles. The summed E-state index contributed by atoms with van der Waals surface area (Å²) in [5.74, 6) is -0.481. The predicted octanol–water partition coefficient (Wildman–Crippen LogP) is 2.49. The molecule has 0 aliphatic rings. The van der Waals surface area contributed by atoms with E-state index in [1.807, 2.05) is 0 Å². The summed E-state index contributed by atoms with van der Waals surface area (Å²) in [6, 6.07) is 0.935. The van der Waals surface area contributed by atoms with Gasteiger partial charge in [-0.25, -0.2) is 14.6 Å². The number of carbonyl (C=O) groups excluding carboxylic acids is 2. The molecular weight excluding hydrogens is 296 g/mol. The van der Waals surface area contributed by atoms with Crippen LogP contribution in [0.3, 0.4) is 0 Å². The smallest absolute Gasteiger partial charge is 0.407 e. The van der Waals surface area contributed by atoms with E-state index in [-0.39, 0.29) is 12.2 Å². The van der Waals surface area contributed by atoms with Gasteiger partial charge in [0.2, 0.25) is 0 Å². The zero-order valence-corrected chi connectivity index (χ0v) is 14.0. The van der Waals surface area contributed by atoms with E-state index in [2.05, 4.69) is 34.7 Å². The monoisotopic (exact) mass is 316 g/mol. The molecule has 8 heteroatoms. The van der Waals surface area contributed by atoms with Crippen LogP contribution in [0.1, 0.15) is 15.5 Å². The van der Waals surface area contributed by atoms with Crippen LogP contribution in [0.15, 0.2) is 5.38 Å². The lowest BCUT2D eigenvalue weighted by atomic mass is 10.5. The highest BCUT2D eigenvalue weighted by Crippen LogP contribution is 2.11. The highest BCUT2D eigenvalue weighted by Gasteiger charge is 2.14. The number of nitrogens with zero attached hydrogens (tertiary/aromatic N) is 1. The topological polar surface area (TPSA) is 77.5 Å². The van der Waals surface area contributed by atoms with E-state index in [1.54, 1.807) is 5.38 Å². The molecule has 0 unspecified atom stereocenters. The number of aromatic nitrogens is 1. The number of hydrogen-bond acceptors (Lipinski definition) is 6. The van der Waals surface area contributed by atoms with Crippen LogP contribution in [-0.2, 0) is 16.0 Å². The zero-order chi connectivity index (χ0) is 15.2. The molecule has 0 saturated carbocycles. The number of carbonyl (C=O) groups is 2. The van der Waals surface area contributed by atoms with Crippen LogP contribution in [0.5, 0.6) is 0 Å². The Hall–Kier alpha value is -1.41. The molecule has 1 rings (SSSR count). The summed E-state index contributed by atoms with van der Waals surface area (Å²) >= 11 is 1.29. The van der Waals surface area contributed by atoms with E-state index >= 15 is 0 Å². The Balaban J connectivity index is 2.31. The number of nitrogens with one attached hydrogen (secondary N) is 1. The average Bonchev–Trinajstić information content (AvgIpc) is 2.82.